The minimum Gasteiger partial charge on any atom is -0.381 e. The fourth-order valence-corrected chi connectivity index (χ4v) is 2.80. The minimum absolute atomic E-state index is 0. The molecule has 2 saturated heterocycles. The Hall–Kier alpha value is -0.460. The SMILES string of the molecule is CCOCC1CCCN(C(=O)C2CC(F)(F)CN2)C1.Cl. The Balaban J connectivity index is 0.00000200. The second-order valence-corrected chi connectivity index (χ2v) is 5.45. The summed E-state index contributed by atoms with van der Waals surface area (Å²) in [5.41, 5.74) is 0. The lowest BCUT2D eigenvalue weighted by molar-refractivity contribution is -0.136. The van der Waals surface area contributed by atoms with Crippen molar-refractivity contribution in [1.29, 1.82) is 0 Å². The summed E-state index contributed by atoms with van der Waals surface area (Å²) in [6.07, 6.45) is 1.59. The van der Waals surface area contributed by atoms with Gasteiger partial charge >= 0.3 is 0 Å². The van der Waals surface area contributed by atoms with Gasteiger partial charge in [0.05, 0.1) is 19.2 Å². The smallest absolute Gasteiger partial charge is 0.262 e. The van der Waals surface area contributed by atoms with E-state index < -0.39 is 12.0 Å². The number of hydrogen-bond acceptors (Lipinski definition) is 3. The van der Waals surface area contributed by atoms with Crippen LogP contribution in [0.25, 0.3) is 0 Å². The lowest BCUT2D eigenvalue weighted by atomic mass is 9.98. The average Bonchev–Trinajstić information content (AvgIpc) is 2.76. The van der Waals surface area contributed by atoms with E-state index in [4.69, 9.17) is 4.74 Å². The number of rotatable bonds is 4. The van der Waals surface area contributed by atoms with Gasteiger partial charge in [-0.3, -0.25) is 10.1 Å². The van der Waals surface area contributed by atoms with Crippen molar-refractivity contribution < 1.29 is 18.3 Å². The summed E-state index contributed by atoms with van der Waals surface area (Å²) in [4.78, 5) is 13.9. The molecule has 2 unspecified atom stereocenters. The Morgan fingerprint density at radius 1 is 1.50 bits per heavy atom. The summed E-state index contributed by atoms with van der Waals surface area (Å²) in [5.74, 6) is -2.60. The van der Waals surface area contributed by atoms with Gasteiger partial charge in [-0.1, -0.05) is 0 Å². The number of halogens is 3. The molecule has 20 heavy (non-hydrogen) atoms. The van der Waals surface area contributed by atoms with Crippen molar-refractivity contribution >= 4 is 18.3 Å². The third-order valence-electron chi connectivity index (χ3n) is 3.80. The van der Waals surface area contributed by atoms with Gasteiger partial charge in [0.2, 0.25) is 5.91 Å². The van der Waals surface area contributed by atoms with E-state index in [1.807, 2.05) is 6.92 Å². The Kier molecular flexibility index (Phi) is 6.61. The molecule has 2 heterocycles. The summed E-state index contributed by atoms with van der Waals surface area (Å²) in [5, 5.41) is 2.63. The van der Waals surface area contributed by atoms with Gasteiger partial charge < -0.3 is 9.64 Å². The maximum atomic E-state index is 13.1. The van der Waals surface area contributed by atoms with Crippen molar-refractivity contribution in [3.63, 3.8) is 0 Å². The van der Waals surface area contributed by atoms with E-state index in [9.17, 15) is 13.6 Å². The van der Waals surface area contributed by atoms with Crippen LogP contribution in [0.3, 0.4) is 0 Å². The highest BCUT2D eigenvalue weighted by Gasteiger charge is 2.43. The van der Waals surface area contributed by atoms with Crippen LogP contribution in [0, 0.1) is 5.92 Å². The number of amides is 1. The van der Waals surface area contributed by atoms with Crippen molar-refractivity contribution in [3.8, 4) is 0 Å². The number of carbonyl (C=O) groups excluding carboxylic acids is 1. The van der Waals surface area contributed by atoms with E-state index in [2.05, 4.69) is 5.32 Å². The molecule has 2 aliphatic rings. The van der Waals surface area contributed by atoms with Gasteiger partial charge in [0.15, 0.2) is 0 Å². The van der Waals surface area contributed by atoms with Crippen molar-refractivity contribution in [1.82, 2.24) is 10.2 Å². The quantitative estimate of drug-likeness (QED) is 0.859. The summed E-state index contributed by atoms with van der Waals surface area (Å²) in [6, 6.07) is -0.721. The largest absolute Gasteiger partial charge is 0.381 e. The Labute approximate surface area is 124 Å². The number of nitrogens with one attached hydrogen (secondary N) is 1. The van der Waals surface area contributed by atoms with Gasteiger partial charge in [-0.2, -0.15) is 0 Å². The molecule has 0 bridgehead atoms. The van der Waals surface area contributed by atoms with E-state index in [-0.39, 0.29) is 31.3 Å². The fourth-order valence-electron chi connectivity index (χ4n) is 2.80. The molecule has 0 aromatic heterocycles. The predicted molar refractivity (Wildman–Crippen MR) is 74.4 cm³/mol. The second-order valence-electron chi connectivity index (χ2n) is 5.45. The molecule has 0 aromatic carbocycles. The van der Waals surface area contributed by atoms with Gasteiger partial charge in [-0.25, -0.2) is 8.78 Å². The van der Waals surface area contributed by atoms with Crippen LogP contribution in [-0.4, -0.2) is 55.6 Å². The van der Waals surface area contributed by atoms with Gasteiger partial charge in [0.25, 0.3) is 5.92 Å². The zero-order valence-electron chi connectivity index (χ0n) is 11.7. The first kappa shape index (κ1) is 17.6. The highest BCUT2D eigenvalue weighted by molar-refractivity contribution is 5.85. The summed E-state index contributed by atoms with van der Waals surface area (Å²) in [7, 11) is 0. The van der Waals surface area contributed by atoms with Crippen LogP contribution >= 0.6 is 12.4 Å². The van der Waals surface area contributed by atoms with Gasteiger partial charge in [0, 0.05) is 26.1 Å². The normalized spacial score (nSPS) is 29.1. The summed E-state index contributed by atoms with van der Waals surface area (Å²) >= 11 is 0. The molecule has 0 spiro atoms. The minimum atomic E-state index is -2.75. The van der Waals surface area contributed by atoms with E-state index in [1.165, 1.54) is 0 Å². The molecule has 0 aromatic rings. The summed E-state index contributed by atoms with van der Waals surface area (Å²) in [6.45, 7) is 4.17. The lowest BCUT2D eigenvalue weighted by Gasteiger charge is -2.34. The van der Waals surface area contributed by atoms with Crippen LogP contribution in [0.5, 0.6) is 0 Å². The highest BCUT2D eigenvalue weighted by Crippen LogP contribution is 2.27. The van der Waals surface area contributed by atoms with Crippen molar-refractivity contribution in [2.75, 3.05) is 32.8 Å². The molecule has 2 fully saturated rings. The standard InChI is InChI=1S/C13H22F2N2O2.ClH/c1-2-19-8-10-4-3-5-17(7-10)12(18)11-6-13(14,15)9-16-11;/h10-11,16H,2-9H2,1H3;1H. The number of nitrogens with zero attached hydrogens (tertiary/aromatic N) is 1. The molecule has 4 nitrogen and oxygen atoms in total. The first-order valence-corrected chi connectivity index (χ1v) is 6.99. The van der Waals surface area contributed by atoms with Crippen LogP contribution in [0.15, 0.2) is 0 Å². The lowest BCUT2D eigenvalue weighted by Crippen LogP contribution is -2.48. The number of carbonyl (C=O) groups is 1. The number of piperidine rings is 1. The van der Waals surface area contributed by atoms with Crippen molar-refractivity contribution in [3.05, 3.63) is 0 Å². The molecule has 0 saturated carbocycles. The molecule has 1 N–H and O–H groups in total. The van der Waals surface area contributed by atoms with Crippen LogP contribution < -0.4 is 5.32 Å². The molecular weight excluding hydrogens is 290 g/mol. The van der Waals surface area contributed by atoms with Crippen molar-refractivity contribution in [2.45, 2.75) is 38.2 Å². The highest BCUT2D eigenvalue weighted by atomic mass is 35.5. The second kappa shape index (κ2) is 7.52. The van der Waals surface area contributed by atoms with E-state index in [1.54, 1.807) is 4.90 Å². The predicted octanol–water partition coefficient (Wildman–Crippen LogP) is 1.68. The molecule has 1 amide bonds. The maximum Gasteiger partial charge on any atom is 0.262 e. The fraction of sp³-hybridized carbons (Fsp3) is 0.923. The number of ether oxygens (including phenoxy) is 1. The average molecular weight is 313 g/mol. The third kappa shape index (κ3) is 4.53. The first-order valence-electron chi connectivity index (χ1n) is 6.99. The Morgan fingerprint density at radius 2 is 2.25 bits per heavy atom. The van der Waals surface area contributed by atoms with Crippen molar-refractivity contribution in [2.24, 2.45) is 5.92 Å². The van der Waals surface area contributed by atoms with E-state index >= 15 is 0 Å². The maximum absolute atomic E-state index is 13.1. The molecule has 7 heteroatoms. The number of likely N-dealkylation sites (tertiary alicyclic amines) is 1. The van der Waals surface area contributed by atoms with Gasteiger partial charge in [-0.15, -0.1) is 12.4 Å². The first-order chi connectivity index (χ1) is 9.02. The zero-order chi connectivity index (χ0) is 13.9. The topological polar surface area (TPSA) is 41.6 Å². The van der Waals surface area contributed by atoms with E-state index in [0.717, 1.165) is 12.8 Å². The van der Waals surface area contributed by atoms with Gasteiger partial charge in [-0.05, 0) is 25.7 Å². The van der Waals surface area contributed by atoms with Crippen LogP contribution in [0.2, 0.25) is 0 Å². The Morgan fingerprint density at radius 3 is 2.85 bits per heavy atom. The summed E-state index contributed by atoms with van der Waals surface area (Å²) < 4.78 is 31.6. The Bertz CT molecular complexity index is 331. The molecule has 2 aliphatic heterocycles. The molecule has 2 rings (SSSR count). The van der Waals surface area contributed by atoms with Gasteiger partial charge in [0.1, 0.15) is 0 Å². The molecule has 0 radical (unpaired) electrons. The molecule has 2 atom stereocenters. The molecule has 118 valence electrons. The van der Waals surface area contributed by atoms with Crippen LogP contribution in [0.4, 0.5) is 8.78 Å². The van der Waals surface area contributed by atoms with Crippen LogP contribution in [0.1, 0.15) is 26.2 Å². The molecular formula is C13H23ClF2N2O2. The monoisotopic (exact) mass is 312 g/mol. The third-order valence-corrected chi connectivity index (χ3v) is 3.80. The number of hydrogen-bond donors (Lipinski definition) is 1. The van der Waals surface area contributed by atoms with E-state index in [0.29, 0.717) is 32.2 Å². The van der Waals surface area contributed by atoms with Crippen LogP contribution in [-0.2, 0) is 9.53 Å². The zero-order valence-corrected chi connectivity index (χ0v) is 12.6. The molecule has 0 aliphatic carbocycles. The number of alkyl halides is 2.